The lowest BCUT2D eigenvalue weighted by Crippen LogP contribution is -2.35. The first kappa shape index (κ1) is 24.7. The molecular formula is C24H24F3N3O5. The molecule has 0 saturated heterocycles. The van der Waals surface area contributed by atoms with Crippen LogP contribution in [0, 0.1) is 0 Å². The average molecular weight is 491 g/mol. The molecule has 35 heavy (non-hydrogen) atoms. The molecule has 3 heterocycles. The van der Waals surface area contributed by atoms with E-state index < -0.39 is 17.8 Å². The fraction of sp³-hybridized carbons (Fsp3) is 0.333. The first-order valence-electron chi connectivity index (χ1n) is 10.9. The Morgan fingerprint density at radius 2 is 1.80 bits per heavy atom. The van der Waals surface area contributed by atoms with Crippen molar-refractivity contribution in [3.8, 4) is 11.4 Å². The first-order chi connectivity index (χ1) is 16.9. The van der Waals surface area contributed by atoms with Crippen LogP contribution in [0.25, 0.3) is 11.4 Å². The number of hydrogen-bond donors (Lipinski definition) is 1. The Labute approximate surface area is 198 Å². The van der Waals surface area contributed by atoms with Crippen molar-refractivity contribution in [2.75, 3.05) is 19.7 Å². The van der Waals surface area contributed by atoms with E-state index in [1.165, 1.54) is 12.1 Å². The Morgan fingerprint density at radius 3 is 2.51 bits per heavy atom. The molecule has 0 spiro atoms. The maximum Gasteiger partial charge on any atom is 0.416 e. The number of aliphatic hydroxyl groups excluding tert-OH is 1. The van der Waals surface area contributed by atoms with Gasteiger partial charge in [0.25, 0.3) is 0 Å². The molecule has 186 valence electrons. The lowest BCUT2D eigenvalue weighted by atomic mass is 10.1. The van der Waals surface area contributed by atoms with Gasteiger partial charge in [0, 0.05) is 25.1 Å². The number of halogens is 3. The minimum atomic E-state index is -4.46. The van der Waals surface area contributed by atoms with Crippen LogP contribution in [-0.2, 0) is 30.5 Å². The van der Waals surface area contributed by atoms with Crippen LogP contribution >= 0.6 is 0 Å². The largest absolute Gasteiger partial charge is 0.468 e. The SMILES string of the molecule is OC(COCc1ccco1)CN(CCc1nc(-c2cccc(C(F)(F)F)c2)no1)Cc1ccco1. The van der Waals surface area contributed by atoms with Crippen LogP contribution in [0.5, 0.6) is 0 Å². The minimum absolute atomic E-state index is 0.0787. The van der Waals surface area contributed by atoms with E-state index in [0.717, 1.165) is 12.1 Å². The van der Waals surface area contributed by atoms with E-state index in [2.05, 4.69) is 10.1 Å². The number of aromatic nitrogens is 2. The second kappa shape index (κ2) is 11.3. The van der Waals surface area contributed by atoms with E-state index in [1.807, 2.05) is 11.0 Å². The number of benzene rings is 1. The molecule has 4 aromatic rings. The van der Waals surface area contributed by atoms with Gasteiger partial charge in [0.05, 0.1) is 37.3 Å². The number of nitrogens with zero attached hydrogens (tertiary/aromatic N) is 3. The Kier molecular flexibility index (Phi) is 8.01. The Morgan fingerprint density at radius 1 is 1.03 bits per heavy atom. The topological polar surface area (TPSA) is 97.9 Å². The zero-order valence-corrected chi connectivity index (χ0v) is 18.6. The van der Waals surface area contributed by atoms with Crippen LogP contribution in [0.3, 0.4) is 0 Å². The summed E-state index contributed by atoms with van der Waals surface area (Å²) in [6.07, 6.45) is -1.79. The van der Waals surface area contributed by atoms with E-state index in [0.29, 0.717) is 31.0 Å². The van der Waals surface area contributed by atoms with E-state index in [1.54, 1.807) is 30.7 Å². The van der Waals surface area contributed by atoms with Crippen molar-refractivity contribution in [3.63, 3.8) is 0 Å². The summed E-state index contributed by atoms with van der Waals surface area (Å²) in [5.74, 6) is 1.72. The molecule has 0 bridgehead atoms. The van der Waals surface area contributed by atoms with Crippen LogP contribution in [0.1, 0.15) is 23.0 Å². The van der Waals surface area contributed by atoms with E-state index in [-0.39, 0.29) is 37.0 Å². The summed E-state index contributed by atoms with van der Waals surface area (Å²) in [7, 11) is 0. The Balaban J connectivity index is 1.35. The van der Waals surface area contributed by atoms with Gasteiger partial charge < -0.3 is 23.2 Å². The highest BCUT2D eigenvalue weighted by atomic mass is 19.4. The molecule has 4 rings (SSSR count). The van der Waals surface area contributed by atoms with Crippen molar-refractivity contribution < 1.29 is 36.4 Å². The molecule has 0 aliphatic heterocycles. The van der Waals surface area contributed by atoms with Gasteiger partial charge in [0.1, 0.15) is 18.1 Å². The van der Waals surface area contributed by atoms with Gasteiger partial charge in [-0.3, -0.25) is 4.90 Å². The van der Waals surface area contributed by atoms with Gasteiger partial charge in [-0.1, -0.05) is 17.3 Å². The maximum absolute atomic E-state index is 13.0. The lowest BCUT2D eigenvalue weighted by molar-refractivity contribution is -0.137. The third-order valence-corrected chi connectivity index (χ3v) is 5.12. The zero-order chi connectivity index (χ0) is 24.7. The van der Waals surface area contributed by atoms with E-state index in [9.17, 15) is 18.3 Å². The number of furan rings is 2. The highest BCUT2D eigenvalue weighted by molar-refractivity contribution is 5.55. The van der Waals surface area contributed by atoms with Crippen LogP contribution in [0.15, 0.2) is 74.4 Å². The van der Waals surface area contributed by atoms with Crippen molar-refractivity contribution in [1.29, 1.82) is 0 Å². The summed E-state index contributed by atoms with van der Waals surface area (Å²) < 4.78 is 60.4. The Bertz CT molecular complexity index is 1160. The number of ether oxygens (including phenoxy) is 1. The fourth-order valence-corrected chi connectivity index (χ4v) is 3.46. The molecule has 1 unspecified atom stereocenters. The van der Waals surface area contributed by atoms with Crippen molar-refractivity contribution in [2.24, 2.45) is 0 Å². The Hall–Kier alpha value is -3.41. The van der Waals surface area contributed by atoms with Gasteiger partial charge in [0.2, 0.25) is 11.7 Å². The molecule has 1 N–H and O–H groups in total. The van der Waals surface area contributed by atoms with Crippen LogP contribution < -0.4 is 0 Å². The van der Waals surface area contributed by atoms with Crippen molar-refractivity contribution in [3.05, 3.63) is 84.0 Å². The third-order valence-electron chi connectivity index (χ3n) is 5.12. The monoisotopic (exact) mass is 491 g/mol. The van der Waals surface area contributed by atoms with Gasteiger partial charge >= 0.3 is 6.18 Å². The minimum Gasteiger partial charge on any atom is -0.468 e. The second-order valence-corrected chi connectivity index (χ2v) is 7.90. The average Bonchev–Trinajstić information content (AvgIpc) is 3.60. The molecule has 0 radical (unpaired) electrons. The molecule has 0 aliphatic carbocycles. The molecule has 0 saturated carbocycles. The maximum atomic E-state index is 13.0. The molecule has 1 aromatic carbocycles. The van der Waals surface area contributed by atoms with Crippen molar-refractivity contribution in [2.45, 2.75) is 31.9 Å². The molecule has 0 aliphatic rings. The summed E-state index contributed by atoms with van der Waals surface area (Å²) in [5.41, 5.74) is -0.569. The summed E-state index contributed by atoms with van der Waals surface area (Å²) >= 11 is 0. The quantitative estimate of drug-likeness (QED) is 0.308. The van der Waals surface area contributed by atoms with Gasteiger partial charge in [-0.05, 0) is 36.4 Å². The van der Waals surface area contributed by atoms with E-state index >= 15 is 0 Å². The second-order valence-electron chi connectivity index (χ2n) is 7.90. The van der Waals surface area contributed by atoms with Crippen LogP contribution in [0.4, 0.5) is 13.2 Å². The van der Waals surface area contributed by atoms with Crippen LogP contribution in [-0.4, -0.2) is 45.9 Å². The van der Waals surface area contributed by atoms with Crippen molar-refractivity contribution in [1.82, 2.24) is 15.0 Å². The number of hydrogen-bond acceptors (Lipinski definition) is 8. The summed E-state index contributed by atoms with van der Waals surface area (Å²) in [6, 6.07) is 11.9. The third kappa shape index (κ3) is 7.28. The highest BCUT2D eigenvalue weighted by Crippen LogP contribution is 2.31. The van der Waals surface area contributed by atoms with Gasteiger partial charge in [-0.2, -0.15) is 18.2 Å². The molecular weight excluding hydrogens is 467 g/mol. The smallest absolute Gasteiger partial charge is 0.416 e. The van der Waals surface area contributed by atoms with Crippen molar-refractivity contribution >= 4 is 0 Å². The van der Waals surface area contributed by atoms with E-state index in [4.69, 9.17) is 18.1 Å². The highest BCUT2D eigenvalue weighted by Gasteiger charge is 2.30. The predicted molar refractivity (Wildman–Crippen MR) is 117 cm³/mol. The number of rotatable bonds is 12. The first-order valence-corrected chi connectivity index (χ1v) is 10.9. The predicted octanol–water partition coefficient (Wildman–Crippen LogP) is 4.56. The molecule has 0 fully saturated rings. The summed E-state index contributed by atoms with van der Waals surface area (Å²) in [6.45, 7) is 1.50. The zero-order valence-electron chi connectivity index (χ0n) is 18.6. The standard InChI is InChI=1S/C24H24F3N3O5/c25-24(26,27)18-5-1-4-17(12-18)23-28-22(35-29-23)8-9-30(14-20-6-2-10-33-20)13-19(31)15-32-16-21-7-3-11-34-21/h1-7,10-12,19,31H,8-9,13-16H2. The van der Waals surface area contributed by atoms with Gasteiger partial charge in [-0.25, -0.2) is 0 Å². The summed E-state index contributed by atoms with van der Waals surface area (Å²) in [4.78, 5) is 6.18. The molecule has 8 nitrogen and oxygen atoms in total. The molecule has 0 amide bonds. The van der Waals surface area contributed by atoms with Gasteiger partial charge in [-0.15, -0.1) is 0 Å². The summed E-state index contributed by atoms with van der Waals surface area (Å²) in [5, 5.41) is 14.3. The number of aliphatic hydroxyl groups is 1. The molecule has 1 atom stereocenters. The lowest BCUT2D eigenvalue weighted by Gasteiger charge is -2.23. The van der Waals surface area contributed by atoms with Gasteiger partial charge in [0.15, 0.2) is 0 Å². The molecule has 3 aromatic heterocycles. The fourth-order valence-electron chi connectivity index (χ4n) is 3.46. The number of alkyl halides is 3. The van der Waals surface area contributed by atoms with Crippen LogP contribution in [0.2, 0.25) is 0 Å². The normalized spacial score (nSPS) is 12.9. The molecule has 11 heteroatoms.